The Morgan fingerprint density at radius 2 is 1.85 bits per heavy atom. The van der Waals surface area contributed by atoms with Gasteiger partial charge in [0.25, 0.3) is 0 Å². The summed E-state index contributed by atoms with van der Waals surface area (Å²) in [6.07, 6.45) is 2.69. The third-order valence-corrected chi connectivity index (χ3v) is 6.78. The molecule has 6 nitrogen and oxygen atoms in total. The molecule has 1 aromatic heterocycles. The number of urea groups is 1. The predicted molar refractivity (Wildman–Crippen MR) is 134 cm³/mol. The zero-order valence-electron chi connectivity index (χ0n) is 19.9. The molecule has 1 unspecified atom stereocenters. The molecule has 1 aliphatic heterocycles. The van der Waals surface area contributed by atoms with Gasteiger partial charge in [-0.3, -0.25) is 9.69 Å². The van der Waals surface area contributed by atoms with Crippen molar-refractivity contribution in [2.24, 2.45) is 5.41 Å². The number of ketones is 1. The second kappa shape index (κ2) is 8.20. The number of carbonyl (C=O) groups is 2. The van der Waals surface area contributed by atoms with E-state index in [1.54, 1.807) is 17.2 Å². The van der Waals surface area contributed by atoms with E-state index in [2.05, 4.69) is 24.5 Å². The van der Waals surface area contributed by atoms with Gasteiger partial charge in [-0.1, -0.05) is 38.1 Å². The highest BCUT2D eigenvalue weighted by Crippen LogP contribution is 2.48. The molecule has 2 aliphatic rings. The lowest BCUT2D eigenvalue weighted by molar-refractivity contribution is -0.118. The van der Waals surface area contributed by atoms with Crippen molar-refractivity contribution < 1.29 is 14.0 Å². The minimum absolute atomic E-state index is 0.0255. The highest BCUT2D eigenvalue weighted by atomic mass is 16.3. The summed E-state index contributed by atoms with van der Waals surface area (Å²) in [5.41, 5.74) is 5.55. The smallest absolute Gasteiger partial charge is 0.327 e. The Kier molecular flexibility index (Phi) is 5.31. The summed E-state index contributed by atoms with van der Waals surface area (Å²) >= 11 is 0. The Morgan fingerprint density at radius 3 is 2.62 bits per heavy atom. The monoisotopic (exact) mass is 455 g/mol. The third-order valence-electron chi connectivity index (χ3n) is 6.78. The van der Waals surface area contributed by atoms with Crippen LogP contribution in [-0.4, -0.2) is 11.8 Å². The Balaban J connectivity index is 1.69. The molecule has 6 heteroatoms. The zero-order valence-corrected chi connectivity index (χ0v) is 19.9. The van der Waals surface area contributed by atoms with Crippen LogP contribution in [0.2, 0.25) is 0 Å². The van der Waals surface area contributed by atoms with Crippen LogP contribution in [0.5, 0.6) is 0 Å². The summed E-state index contributed by atoms with van der Waals surface area (Å²) in [5.74, 6) is 0.577. The molecule has 2 aromatic carbocycles. The van der Waals surface area contributed by atoms with Crippen molar-refractivity contribution >= 4 is 28.9 Å². The van der Waals surface area contributed by atoms with Crippen molar-refractivity contribution in [2.45, 2.75) is 46.6 Å². The van der Waals surface area contributed by atoms with Gasteiger partial charge < -0.3 is 15.1 Å². The fourth-order valence-corrected chi connectivity index (χ4v) is 4.99. The number of amides is 2. The number of benzene rings is 2. The molecule has 1 atom stereocenters. The molecule has 1 aliphatic carbocycles. The number of carbonyl (C=O) groups excluding carboxylic acids is 2. The van der Waals surface area contributed by atoms with Crippen LogP contribution in [0.4, 0.5) is 21.9 Å². The molecule has 0 saturated heterocycles. The maximum absolute atomic E-state index is 14.0. The molecule has 34 heavy (non-hydrogen) atoms. The molecule has 0 saturated carbocycles. The molecule has 2 heterocycles. The maximum Gasteiger partial charge on any atom is 0.327 e. The number of fused-ring (bicyclic) bond motifs is 1. The number of aryl methyl sites for hydroxylation is 1. The van der Waals surface area contributed by atoms with Crippen LogP contribution in [0.25, 0.3) is 0 Å². The Morgan fingerprint density at radius 1 is 1.06 bits per heavy atom. The number of hydrogen-bond acceptors (Lipinski definition) is 4. The summed E-state index contributed by atoms with van der Waals surface area (Å²) in [5, 5.41) is 6.60. The van der Waals surface area contributed by atoms with Gasteiger partial charge in [-0.25, -0.2) is 4.79 Å². The molecular weight excluding hydrogens is 426 g/mol. The second-order valence-electron chi connectivity index (χ2n) is 9.94. The lowest BCUT2D eigenvalue weighted by Gasteiger charge is -2.36. The predicted octanol–water partition coefficient (Wildman–Crippen LogP) is 6.74. The summed E-state index contributed by atoms with van der Waals surface area (Å²) < 4.78 is 5.83. The fourth-order valence-electron chi connectivity index (χ4n) is 4.99. The molecule has 0 radical (unpaired) electrons. The van der Waals surface area contributed by atoms with E-state index in [1.165, 1.54) is 0 Å². The lowest BCUT2D eigenvalue weighted by Crippen LogP contribution is -2.41. The third kappa shape index (κ3) is 3.79. The van der Waals surface area contributed by atoms with E-state index in [0.717, 1.165) is 28.2 Å². The SMILES string of the molecule is Cc1cccc(NC(=O)N2c3ccccc3NC3=C(C(=O)CC(C)(C)C3)C2c2ccco2)c1C. The minimum atomic E-state index is -0.685. The van der Waals surface area contributed by atoms with Crippen molar-refractivity contribution in [3.8, 4) is 0 Å². The minimum Gasteiger partial charge on any atom is -0.467 e. The van der Waals surface area contributed by atoms with Gasteiger partial charge >= 0.3 is 6.03 Å². The Hall–Kier alpha value is -3.80. The summed E-state index contributed by atoms with van der Waals surface area (Å²) in [4.78, 5) is 29.2. The van der Waals surface area contributed by atoms with Gasteiger partial charge in [0.2, 0.25) is 0 Å². The highest BCUT2D eigenvalue weighted by molar-refractivity contribution is 6.09. The first kappa shape index (κ1) is 22.0. The number of nitrogens with one attached hydrogen (secondary N) is 2. The van der Waals surface area contributed by atoms with E-state index in [-0.39, 0.29) is 17.2 Å². The van der Waals surface area contributed by atoms with Crippen LogP contribution in [0.15, 0.2) is 76.5 Å². The van der Waals surface area contributed by atoms with Gasteiger partial charge in [0.05, 0.1) is 17.6 Å². The van der Waals surface area contributed by atoms with E-state index < -0.39 is 6.04 Å². The van der Waals surface area contributed by atoms with Crippen LogP contribution in [-0.2, 0) is 4.79 Å². The van der Waals surface area contributed by atoms with E-state index in [1.807, 2.05) is 62.4 Å². The average molecular weight is 456 g/mol. The standard InChI is InChI=1S/C28H29N3O3/c1-17-9-7-11-19(18(17)2)30-27(33)31-22-12-6-5-10-20(22)29-21-15-28(3,4)16-23(32)25(21)26(31)24-13-8-14-34-24/h5-14,26,29H,15-16H2,1-4H3,(H,30,33). The second-order valence-corrected chi connectivity index (χ2v) is 9.94. The molecule has 5 rings (SSSR count). The van der Waals surface area contributed by atoms with Gasteiger partial charge in [-0.15, -0.1) is 0 Å². The number of nitrogens with zero attached hydrogens (tertiary/aromatic N) is 1. The number of rotatable bonds is 2. The van der Waals surface area contributed by atoms with Crippen molar-refractivity contribution in [2.75, 3.05) is 15.5 Å². The molecule has 0 spiro atoms. The van der Waals surface area contributed by atoms with Crippen LogP contribution in [0, 0.1) is 19.3 Å². The lowest BCUT2D eigenvalue weighted by atomic mass is 9.74. The van der Waals surface area contributed by atoms with Crippen molar-refractivity contribution in [3.05, 3.63) is 89.0 Å². The van der Waals surface area contributed by atoms with Gasteiger partial charge in [0.1, 0.15) is 11.8 Å². The zero-order chi connectivity index (χ0) is 24.0. The quantitative estimate of drug-likeness (QED) is 0.448. The first-order valence-corrected chi connectivity index (χ1v) is 11.6. The fraction of sp³-hybridized carbons (Fsp3) is 0.286. The number of anilines is 3. The number of para-hydroxylation sites is 2. The molecule has 174 valence electrons. The number of allylic oxidation sites excluding steroid dienone is 1. The first-order valence-electron chi connectivity index (χ1n) is 11.6. The number of Topliss-reactive ketones (excluding diaryl/α,β-unsaturated/α-hetero) is 1. The van der Waals surface area contributed by atoms with Crippen LogP contribution < -0.4 is 15.5 Å². The summed E-state index contributed by atoms with van der Waals surface area (Å²) in [6, 6.07) is 16.1. The molecular formula is C28H29N3O3. The topological polar surface area (TPSA) is 74.6 Å². The molecule has 0 fully saturated rings. The van der Waals surface area contributed by atoms with Crippen LogP contribution in [0.3, 0.4) is 0 Å². The molecule has 0 bridgehead atoms. The van der Waals surface area contributed by atoms with E-state index in [4.69, 9.17) is 4.42 Å². The van der Waals surface area contributed by atoms with E-state index >= 15 is 0 Å². The van der Waals surface area contributed by atoms with Crippen molar-refractivity contribution in [1.29, 1.82) is 0 Å². The molecule has 3 aromatic rings. The maximum atomic E-state index is 14.0. The van der Waals surface area contributed by atoms with Crippen LogP contribution in [0.1, 0.15) is 49.6 Å². The van der Waals surface area contributed by atoms with Crippen LogP contribution >= 0.6 is 0 Å². The van der Waals surface area contributed by atoms with Gasteiger partial charge in [-0.05, 0) is 67.1 Å². The highest BCUT2D eigenvalue weighted by Gasteiger charge is 2.44. The number of furan rings is 1. The Labute approximate surface area is 199 Å². The van der Waals surface area contributed by atoms with E-state index in [9.17, 15) is 9.59 Å². The number of hydrogen-bond donors (Lipinski definition) is 2. The Bertz CT molecular complexity index is 1300. The van der Waals surface area contributed by atoms with Gasteiger partial charge in [0, 0.05) is 23.4 Å². The van der Waals surface area contributed by atoms with Gasteiger partial charge in [-0.2, -0.15) is 0 Å². The normalized spacial score (nSPS) is 19.1. The molecule has 2 amide bonds. The van der Waals surface area contributed by atoms with E-state index in [0.29, 0.717) is 29.9 Å². The molecule has 2 N–H and O–H groups in total. The van der Waals surface area contributed by atoms with Crippen molar-refractivity contribution in [3.63, 3.8) is 0 Å². The van der Waals surface area contributed by atoms with Crippen molar-refractivity contribution in [1.82, 2.24) is 0 Å². The average Bonchev–Trinajstić information content (AvgIpc) is 3.26. The summed E-state index contributed by atoms with van der Waals surface area (Å²) in [6.45, 7) is 8.20. The van der Waals surface area contributed by atoms with Gasteiger partial charge in [0.15, 0.2) is 5.78 Å². The first-order chi connectivity index (χ1) is 16.2. The largest absolute Gasteiger partial charge is 0.467 e. The summed E-state index contributed by atoms with van der Waals surface area (Å²) in [7, 11) is 0.